The summed E-state index contributed by atoms with van der Waals surface area (Å²) in [6, 6.07) is 3.40. The summed E-state index contributed by atoms with van der Waals surface area (Å²) in [6.07, 6.45) is -3.12. The highest BCUT2D eigenvalue weighted by Crippen LogP contribution is 2.36. The molecule has 1 N–H and O–H groups in total. The summed E-state index contributed by atoms with van der Waals surface area (Å²) < 4.78 is 38.3. The van der Waals surface area contributed by atoms with Gasteiger partial charge in [0.15, 0.2) is 0 Å². The minimum Gasteiger partial charge on any atom is -0.326 e. The molecule has 0 saturated carbocycles. The molecule has 1 heterocycles. The van der Waals surface area contributed by atoms with Crippen molar-refractivity contribution in [3.05, 3.63) is 28.8 Å². The second-order valence-electron chi connectivity index (χ2n) is 5.26. The fourth-order valence-corrected chi connectivity index (χ4v) is 2.56. The number of nitrogens with zero attached hydrogens (tertiary/aromatic N) is 1. The predicted molar refractivity (Wildman–Crippen MR) is 75.3 cm³/mol. The molecular weight excluding hydrogens is 305 g/mol. The van der Waals surface area contributed by atoms with Crippen molar-refractivity contribution < 1.29 is 18.0 Å². The molecule has 0 unspecified atom stereocenters. The van der Waals surface area contributed by atoms with Crippen LogP contribution in [0, 0.1) is 5.92 Å². The van der Waals surface area contributed by atoms with Gasteiger partial charge in [-0.25, -0.2) is 0 Å². The minimum atomic E-state index is -4.54. The van der Waals surface area contributed by atoms with Gasteiger partial charge in [0, 0.05) is 11.6 Å². The van der Waals surface area contributed by atoms with Gasteiger partial charge in [0.25, 0.3) is 0 Å². The van der Waals surface area contributed by atoms with Crippen LogP contribution in [0.25, 0.3) is 0 Å². The molecule has 0 spiro atoms. The van der Waals surface area contributed by atoms with Crippen LogP contribution in [0.5, 0.6) is 0 Å². The van der Waals surface area contributed by atoms with E-state index in [0.717, 1.165) is 25.2 Å². The van der Waals surface area contributed by atoms with E-state index in [2.05, 4.69) is 10.2 Å². The molecule has 21 heavy (non-hydrogen) atoms. The molecule has 1 fully saturated rings. The lowest BCUT2D eigenvalue weighted by molar-refractivity contribution is -0.137. The Bertz CT molecular complexity index is 525. The average molecular weight is 321 g/mol. The van der Waals surface area contributed by atoms with Crippen LogP contribution in [0.15, 0.2) is 18.2 Å². The smallest absolute Gasteiger partial charge is 0.326 e. The van der Waals surface area contributed by atoms with E-state index in [1.54, 1.807) is 0 Å². The number of alkyl halides is 3. The lowest BCUT2D eigenvalue weighted by Gasteiger charge is -2.28. The van der Waals surface area contributed by atoms with Crippen LogP contribution in [0.4, 0.5) is 18.9 Å². The van der Waals surface area contributed by atoms with E-state index in [9.17, 15) is 18.0 Å². The number of benzene rings is 1. The fraction of sp³-hybridized carbons (Fsp3) is 0.500. The number of piperidine rings is 1. The van der Waals surface area contributed by atoms with E-state index < -0.39 is 11.7 Å². The van der Waals surface area contributed by atoms with Gasteiger partial charge in [-0.1, -0.05) is 11.6 Å². The Kier molecular flexibility index (Phi) is 4.78. The first kappa shape index (κ1) is 16.1. The van der Waals surface area contributed by atoms with Gasteiger partial charge in [-0.15, -0.1) is 0 Å². The number of amides is 1. The Morgan fingerprint density at radius 2 is 1.95 bits per heavy atom. The lowest BCUT2D eigenvalue weighted by Crippen LogP contribution is -2.35. The zero-order chi connectivity index (χ0) is 15.6. The zero-order valence-corrected chi connectivity index (χ0v) is 12.3. The molecule has 0 aromatic heterocycles. The number of hydrogen-bond acceptors (Lipinski definition) is 2. The normalized spacial score (nSPS) is 17.8. The molecule has 1 aliphatic rings. The van der Waals surface area contributed by atoms with Crippen molar-refractivity contribution in [2.24, 2.45) is 5.92 Å². The fourth-order valence-electron chi connectivity index (χ4n) is 2.34. The van der Waals surface area contributed by atoms with Crippen LogP contribution in [0.3, 0.4) is 0 Å². The van der Waals surface area contributed by atoms with Crippen LogP contribution < -0.4 is 5.32 Å². The summed E-state index contributed by atoms with van der Waals surface area (Å²) in [5.74, 6) is -0.398. The van der Waals surface area contributed by atoms with Crippen molar-refractivity contribution in [3.8, 4) is 0 Å². The molecule has 1 amide bonds. The molecule has 1 aromatic rings. The van der Waals surface area contributed by atoms with Gasteiger partial charge in [0.1, 0.15) is 0 Å². The number of carbonyl (C=O) groups excluding carboxylic acids is 1. The van der Waals surface area contributed by atoms with Crippen LogP contribution in [-0.2, 0) is 11.0 Å². The third kappa shape index (κ3) is 4.11. The second-order valence-corrected chi connectivity index (χ2v) is 5.67. The molecule has 3 nitrogen and oxygen atoms in total. The lowest BCUT2D eigenvalue weighted by atomic mass is 9.96. The maximum absolute atomic E-state index is 12.8. The van der Waals surface area contributed by atoms with E-state index in [0.29, 0.717) is 12.8 Å². The standard InChI is InChI=1S/C14H16ClF3N2O/c1-20-6-4-9(5-7-20)13(21)19-10-2-3-12(15)11(8-10)14(16,17)18/h2-3,8-9H,4-7H2,1H3,(H,19,21). The first-order valence-electron chi connectivity index (χ1n) is 6.63. The predicted octanol–water partition coefficient (Wildman–Crippen LogP) is 3.64. The highest BCUT2D eigenvalue weighted by atomic mass is 35.5. The third-order valence-corrected chi connectivity index (χ3v) is 3.96. The van der Waals surface area contributed by atoms with E-state index in [4.69, 9.17) is 11.6 Å². The first-order valence-corrected chi connectivity index (χ1v) is 7.01. The summed E-state index contributed by atoms with van der Waals surface area (Å²) >= 11 is 5.54. The number of likely N-dealkylation sites (tertiary alicyclic amines) is 1. The topological polar surface area (TPSA) is 32.3 Å². The molecule has 1 aliphatic heterocycles. The van der Waals surface area contributed by atoms with Crippen molar-refractivity contribution in [1.82, 2.24) is 4.90 Å². The quantitative estimate of drug-likeness (QED) is 0.902. The van der Waals surface area contributed by atoms with Crippen molar-refractivity contribution in [3.63, 3.8) is 0 Å². The summed E-state index contributed by atoms with van der Waals surface area (Å²) in [4.78, 5) is 14.2. The maximum Gasteiger partial charge on any atom is 0.417 e. The highest BCUT2D eigenvalue weighted by molar-refractivity contribution is 6.31. The SMILES string of the molecule is CN1CCC(C(=O)Nc2ccc(Cl)c(C(F)(F)F)c2)CC1. The second kappa shape index (κ2) is 6.23. The summed E-state index contributed by atoms with van der Waals surface area (Å²) in [6.45, 7) is 1.62. The first-order chi connectivity index (χ1) is 9.77. The zero-order valence-electron chi connectivity index (χ0n) is 11.5. The third-order valence-electron chi connectivity index (χ3n) is 3.63. The Hall–Kier alpha value is -1.27. The van der Waals surface area contributed by atoms with Crippen LogP contribution >= 0.6 is 11.6 Å². The van der Waals surface area contributed by atoms with Crippen molar-refractivity contribution in [1.29, 1.82) is 0 Å². The monoisotopic (exact) mass is 320 g/mol. The van der Waals surface area contributed by atoms with Gasteiger partial charge in [-0.05, 0) is 51.2 Å². The number of anilines is 1. The molecule has 1 aromatic carbocycles. The van der Waals surface area contributed by atoms with Crippen molar-refractivity contribution in [2.75, 3.05) is 25.5 Å². The number of rotatable bonds is 2. The van der Waals surface area contributed by atoms with Crippen LogP contribution in [-0.4, -0.2) is 30.9 Å². The minimum absolute atomic E-state index is 0.121. The largest absolute Gasteiger partial charge is 0.417 e. The molecule has 0 bridgehead atoms. The van der Waals surface area contributed by atoms with Gasteiger partial charge in [-0.2, -0.15) is 13.2 Å². The molecule has 116 valence electrons. The van der Waals surface area contributed by atoms with E-state index in [-0.39, 0.29) is 22.5 Å². The van der Waals surface area contributed by atoms with E-state index >= 15 is 0 Å². The average Bonchev–Trinajstić information content (AvgIpc) is 2.40. The van der Waals surface area contributed by atoms with Gasteiger partial charge >= 0.3 is 6.18 Å². The summed E-state index contributed by atoms with van der Waals surface area (Å²) in [5.41, 5.74) is -0.819. The molecule has 2 rings (SSSR count). The van der Waals surface area contributed by atoms with Gasteiger partial charge in [-0.3, -0.25) is 4.79 Å². The molecule has 0 radical (unpaired) electrons. The van der Waals surface area contributed by atoms with Crippen LogP contribution in [0.2, 0.25) is 5.02 Å². The van der Waals surface area contributed by atoms with Crippen LogP contribution in [0.1, 0.15) is 18.4 Å². The van der Waals surface area contributed by atoms with Gasteiger partial charge in [0.05, 0.1) is 10.6 Å². The number of halogens is 4. The van der Waals surface area contributed by atoms with Gasteiger partial charge in [0.2, 0.25) is 5.91 Å². The van der Waals surface area contributed by atoms with E-state index in [1.165, 1.54) is 6.07 Å². The molecule has 7 heteroatoms. The van der Waals surface area contributed by atoms with Crippen molar-refractivity contribution >= 4 is 23.2 Å². The summed E-state index contributed by atoms with van der Waals surface area (Å²) in [5, 5.41) is 2.17. The number of carbonyl (C=O) groups is 1. The Balaban J connectivity index is 2.08. The van der Waals surface area contributed by atoms with E-state index in [1.807, 2.05) is 7.05 Å². The summed E-state index contributed by atoms with van der Waals surface area (Å²) in [7, 11) is 1.98. The molecule has 1 saturated heterocycles. The molecule has 0 atom stereocenters. The Labute approximate surface area is 126 Å². The number of hydrogen-bond donors (Lipinski definition) is 1. The van der Waals surface area contributed by atoms with Gasteiger partial charge < -0.3 is 10.2 Å². The maximum atomic E-state index is 12.8. The highest BCUT2D eigenvalue weighted by Gasteiger charge is 2.33. The Morgan fingerprint density at radius 3 is 2.52 bits per heavy atom. The molecule has 0 aliphatic carbocycles. The number of nitrogens with one attached hydrogen (secondary N) is 1. The Morgan fingerprint density at radius 1 is 1.33 bits per heavy atom. The van der Waals surface area contributed by atoms with Crippen molar-refractivity contribution in [2.45, 2.75) is 19.0 Å². The molecular formula is C14H16ClF3N2O.